The molecule has 0 spiro atoms. The number of benzene rings is 2. The lowest BCUT2D eigenvalue weighted by Gasteiger charge is -2.46. The number of rotatable bonds is 2. The van der Waals surface area contributed by atoms with Gasteiger partial charge in [-0.2, -0.15) is 0 Å². The van der Waals surface area contributed by atoms with Gasteiger partial charge in [-0.3, -0.25) is 14.9 Å². The molecule has 0 saturated carbocycles. The summed E-state index contributed by atoms with van der Waals surface area (Å²) in [5, 5.41) is 31.1. The highest BCUT2D eigenvalue weighted by Gasteiger charge is 2.51. The van der Waals surface area contributed by atoms with E-state index in [1.807, 2.05) is 39.5 Å². The van der Waals surface area contributed by atoms with Crippen LogP contribution in [-0.4, -0.2) is 61.0 Å². The van der Waals surface area contributed by atoms with E-state index in [-0.39, 0.29) is 12.1 Å². The molecule has 6 heterocycles. The summed E-state index contributed by atoms with van der Waals surface area (Å²) >= 11 is 0. The fourth-order valence-corrected chi connectivity index (χ4v) is 6.55. The van der Waals surface area contributed by atoms with Crippen LogP contribution < -0.4 is 5.32 Å². The second-order valence-corrected chi connectivity index (χ2v) is 9.56. The Morgan fingerprint density at radius 2 is 1.70 bits per heavy atom. The number of pyridine rings is 1. The molecule has 12 nitrogen and oxygen atoms in total. The Morgan fingerprint density at radius 1 is 1.00 bits per heavy atom. The number of aromatic nitrogens is 3. The number of azide groups is 1. The number of nitrogens with one attached hydrogen (secondary N) is 1. The van der Waals surface area contributed by atoms with Crippen molar-refractivity contribution in [3.05, 3.63) is 64.2 Å². The van der Waals surface area contributed by atoms with Gasteiger partial charge in [-0.25, -0.2) is 4.98 Å². The number of nitrogens with zero attached hydrogens (tertiary/aromatic N) is 6. The first-order chi connectivity index (χ1) is 18.0. The van der Waals surface area contributed by atoms with Gasteiger partial charge in [-0.1, -0.05) is 23.3 Å². The van der Waals surface area contributed by atoms with Crippen molar-refractivity contribution in [1.82, 2.24) is 19.4 Å². The molecule has 3 N–H and O–H groups in total. The van der Waals surface area contributed by atoms with E-state index >= 15 is 0 Å². The van der Waals surface area contributed by atoms with Crippen molar-refractivity contribution in [3.8, 4) is 0 Å². The normalized spacial score (nSPS) is 26.2. The highest BCUT2D eigenvalue weighted by molar-refractivity contribution is 6.39. The number of para-hydroxylation sites is 1. The highest BCUT2D eigenvalue weighted by Crippen LogP contribution is 2.53. The molecule has 3 aliphatic rings. The minimum atomic E-state index is -1.35. The van der Waals surface area contributed by atoms with E-state index in [0.717, 1.165) is 10.9 Å². The van der Waals surface area contributed by atoms with E-state index in [0.29, 0.717) is 38.4 Å². The second kappa shape index (κ2) is 6.84. The maximum atomic E-state index is 13.2. The van der Waals surface area contributed by atoms with Crippen LogP contribution in [-0.2, 0) is 4.74 Å². The molecule has 0 unspecified atom stereocenters. The summed E-state index contributed by atoms with van der Waals surface area (Å²) in [6.07, 6.45) is -2.84. The molecule has 182 valence electrons. The van der Waals surface area contributed by atoms with E-state index in [4.69, 9.17) is 10.3 Å². The third-order valence-corrected chi connectivity index (χ3v) is 7.89. The van der Waals surface area contributed by atoms with Crippen LogP contribution in [0.1, 0.15) is 33.0 Å². The van der Waals surface area contributed by atoms with Gasteiger partial charge < -0.3 is 24.1 Å². The van der Waals surface area contributed by atoms with Crippen LogP contribution in [0.25, 0.3) is 54.2 Å². The molecule has 12 heteroatoms. The smallest absolute Gasteiger partial charge is 0.259 e. The number of aliphatic hydroxyl groups excluding tert-OH is 2. The summed E-state index contributed by atoms with van der Waals surface area (Å²) in [5.41, 5.74) is 12.0. The van der Waals surface area contributed by atoms with Gasteiger partial charge in [-0.15, -0.1) is 0 Å². The van der Waals surface area contributed by atoms with E-state index in [1.54, 1.807) is 12.3 Å². The number of fused-ring (bicyclic) bond motifs is 12. The van der Waals surface area contributed by atoms with Crippen LogP contribution in [0.15, 0.2) is 47.7 Å². The van der Waals surface area contributed by atoms with Gasteiger partial charge in [0.25, 0.3) is 11.8 Å². The first-order valence-corrected chi connectivity index (χ1v) is 11.8. The van der Waals surface area contributed by atoms with Gasteiger partial charge in [0.05, 0.1) is 40.3 Å². The first kappa shape index (κ1) is 20.7. The minimum absolute atomic E-state index is 0.172. The van der Waals surface area contributed by atoms with Crippen molar-refractivity contribution in [3.63, 3.8) is 0 Å². The molecule has 5 aromatic rings. The number of amides is 2. The average molecular weight is 495 g/mol. The zero-order valence-electron chi connectivity index (χ0n) is 18.9. The Morgan fingerprint density at radius 3 is 2.49 bits per heavy atom. The van der Waals surface area contributed by atoms with Crippen molar-refractivity contribution in [2.45, 2.75) is 30.6 Å². The van der Waals surface area contributed by atoms with Crippen LogP contribution in [0.4, 0.5) is 0 Å². The van der Waals surface area contributed by atoms with Crippen molar-refractivity contribution in [2.75, 3.05) is 6.54 Å². The Hall–Kier alpha value is -4.48. The quantitative estimate of drug-likeness (QED) is 0.147. The molecule has 3 aliphatic heterocycles. The average Bonchev–Trinajstić information content (AvgIpc) is 3.52. The van der Waals surface area contributed by atoms with Gasteiger partial charge in [0.2, 0.25) is 0 Å². The van der Waals surface area contributed by atoms with Crippen LogP contribution >= 0.6 is 0 Å². The maximum Gasteiger partial charge on any atom is 0.259 e. The maximum absolute atomic E-state index is 13.2. The largest absolute Gasteiger partial charge is 0.388 e. The molecule has 2 aromatic carbocycles. The lowest BCUT2D eigenvalue weighted by Crippen LogP contribution is -2.54. The summed E-state index contributed by atoms with van der Waals surface area (Å²) in [4.78, 5) is 33.7. The predicted octanol–water partition coefficient (Wildman–Crippen LogP) is 2.67. The number of ether oxygens (including phenoxy) is 1. The van der Waals surface area contributed by atoms with Crippen LogP contribution in [0.3, 0.4) is 0 Å². The standard InChI is InChI=1S/C25H17N7O5/c26-30-28-8-12-20(33)21(34)19-25(37-12)31-11-6-2-1-4-9(11)13-15-16(24(36)29-23(15)35)14-10-5-3-7-27-22(10)32(19)18(14)17(13)31/h1-7,12,19-21,25,33-34H,8H2,(H,29,35,36)/t12-,19+,20-,21-,25-/m1/s1. The third-order valence-electron chi connectivity index (χ3n) is 7.89. The molecule has 37 heavy (non-hydrogen) atoms. The van der Waals surface area contributed by atoms with Crippen LogP contribution in [0.2, 0.25) is 0 Å². The monoisotopic (exact) mass is 495 g/mol. The lowest BCUT2D eigenvalue weighted by molar-refractivity contribution is -0.212. The minimum Gasteiger partial charge on any atom is -0.388 e. The van der Waals surface area contributed by atoms with Crippen molar-refractivity contribution in [2.24, 2.45) is 5.11 Å². The van der Waals surface area contributed by atoms with Crippen molar-refractivity contribution >= 4 is 55.6 Å². The second-order valence-electron chi connectivity index (χ2n) is 9.56. The predicted molar refractivity (Wildman–Crippen MR) is 131 cm³/mol. The summed E-state index contributed by atoms with van der Waals surface area (Å²) in [5.74, 6) is -0.961. The molecule has 5 atom stereocenters. The summed E-state index contributed by atoms with van der Waals surface area (Å²) in [6, 6.07) is 10.2. The van der Waals surface area contributed by atoms with E-state index < -0.39 is 42.4 Å². The van der Waals surface area contributed by atoms with Gasteiger partial charge >= 0.3 is 0 Å². The number of hydrogen-bond donors (Lipinski definition) is 3. The molecule has 0 radical (unpaired) electrons. The molecule has 2 amide bonds. The number of carbonyl (C=O) groups is 2. The molecular weight excluding hydrogens is 478 g/mol. The molecule has 1 saturated heterocycles. The first-order valence-electron chi connectivity index (χ1n) is 11.8. The van der Waals surface area contributed by atoms with Crippen molar-refractivity contribution < 1.29 is 24.5 Å². The SMILES string of the molecule is [N-]=[N+]=NC[C@H]1O[C@@H]2[C@H]([C@@H](O)[C@@H]1O)n1c3ncccc3c3c4c(c5c6ccccc6n2c5c31)C(=O)NC4=O. The summed E-state index contributed by atoms with van der Waals surface area (Å²) in [6.45, 7) is -0.172. The fraction of sp³-hybridized carbons (Fsp3) is 0.240. The van der Waals surface area contributed by atoms with Gasteiger partial charge in [0, 0.05) is 32.7 Å². The zero-order chi connectivity index (χ0) is 25.2. The Kier molecular flexibility index (Phi) is 3.82. The Labute approximate surface area is 206 Å². The van der Waals surface area contributed by atoms with Gasteiger partial charge in [0.1, 0.15) is 23.9 Å². The molecule has 0 bridgehead atoms. The number of carbonyl (C=O) groups excluding carboxylic acids is 2. The highest BCUT2D eigenvalue weighted by atomic mass is 16.5. The number of imide groups is 1. The molecule has 8 rings (SSSR count). The van der Waals surface area contributed by atoms with Crippen LogP contribution in [0.5, 0.6) is 0 Å². The molecule has 3 aromatic heterocycles. The molecular formula is C25H17N7O5. The summed E-state index contributed by atoms with van der Waals surface area (Å²) < 4.78 is 10.1. The van der Waals surface area contributed by atoms with E-state index in [9.17, 15) is 19.8 Å². The number of aliphatic hydroxyl groups is 2. The Balaban J connectivity index is 1.63. The zero-order valence-corrected chi connectivity index (χ0v) is 18.9. The fourth-order valence-electron chi connectivity index (χ4n) is 6.55. The lowest BCUT2D eigenvalue weighted by atomic mass is 9.92. The molecule has 1 fully saturated rings. The number of hydrogen-bond acceptors (Lipinski definition) is 7. The third kappa shape index (κ3) is 2.29. The Bertz CT molecular complexity index is 1930. The molecule has 0 aliphatic carbocycles. The van der Waals surface area contributed by atoms with Crippen LogP contribution in [0, 0.1) is 0 Å². The topological polar surface area (TPSA) is 167 Å². The van der Waals surface area contributed by atoms with Gasteiger partial charge in [0.15, 0.2) is 6.23 Å². The van der Waals surface area contributed by atoms with E-state index in [1.165, 1.54) is 0 Å². The van der Waals surface area contributed by atoms with E-state index in [2.05, 4.69) is 20.3 Å². The summed E-state index contributed by atoms with van der Waals surface area (Å²) in [7, 11) is 0. The van der Waals surface area contributed by atoms with Crippen molar-refractivity contribution in [1.29, 1.82) is 0 Å². The van der Waals surface area contributed by atoms with Gasteiger partial charge in [-0.05, 0) is 23.7 Å².